The van der Waals surface area contributed by atoms with E-state index in [1.807, 2.05) is 0 Å². The lowest BCUT2D eigenvalue weighted by molar-refractivity contribution is -0.130. The molecule has 1 aliphatic carbocycles. The zero-order valence-corrected chi connectivity index (χ0v) is 13.8. The van der Waals surface area contributed by atoms with Crippen molar-refractivity contribution in [3.63, 3.8) is 0 Å². The van der Waals surface area contributed by atoms with Gasteiger partial charge in [-0.05, 0) is 49.1 Å². The second-order valence-electron chi connectivity index (χ2n) is 6.50. The second-order valence-corrected chi connectivity index (χ2v) is 7.38. The summed E-state index contributed by atoms with van der Waals surface area (Å²) in [5, 5.41) is 3.57. The standard InChI is InChI=1S/C17H24N2OS/c1-11(2)10-15-17(20)19(13-6-7-13)16(18-15)12-4-8-14(21-3)9-5-12/h4-5,8-9,11,13,15-16,18H,6-7,10H2,1-3H3. The molecule has 1 saturated carbocycles. The highest BCUT2D eigenvalue weighted by Gasteiger charge is 2.46. The molecule has 1 heterocycles. The lowest BCUT2D eigenvalue weighted by Gasteiger charge is -2.24. The molecule has 1 aromatic carbocycles. The van der Waals surface area contributed by atoms with Gasteiger partial charge in [0.05, 0.1) is 6.04 Å². The van der Waals surface area contributed by atoms with Gasteiger partial charge in [-0.3, -0.25) is 10.1 Å². The molecule has 114 valence electrons. The lowest BCUT2D eigenvalue weighted by Crippen LogP contribution is -2.33. The van der Waals surface area contributed by atoms with Crippen LogP contribution >= 0.6 is 11.8 Å². The Hall–Kier alpha value is -1.00. The van der Waals surface area contributed by atoms with E-state index < -0.39 is 0 Å². The molecule has 1 aliphatic heterocycles. The van der Waals surface area contributed by atoms with Gasteiger partial charge in [-0.2, -0.15) is 0 Å². The molecule has 2 aliphatic rings. The summed E-state index contributed by atoms with van der Waals surface area (Å²) in [5.41, 5.74) is 1.21. The van der Waals surface area contributed by atoms with Crippen molar-refractivity contribution in [1.29, 1.82) is 0 Å². The van der Waals surface area contributed by atoms with Crippen molar-refractivity contribution in [3.05, 3.63) is 29.8 Å². The van der Waals surface area contributed by atoms with Gasteiger partial charge in [0.15, 0.2) is 0 Å². The Labute approximate surface area is 131 Å². The summed E-state index contributed by atoms with van der Waals surface area (Å²) in [5.74, 6) is 0.829. The van der Waals surface area contributed by atoms with Gasteiger partial charge >= 0.3 is 0 Å². The Bertz CT molecular complexity index is 510. The minimum Gasteiger partial charge on any atom is -0.319 e. The van der Waals surface area contributed by atoms with Gasteiger partial charge in [0.25, 0.3) is 0 Å². The summed E-state index contributed by atoms with van der Waals surface area (Å²) in [7, 11) is 0. The number of nitrogens with zero attached hydrogens (tertiary/aromatic N) is 1. The molecule has 0 bridgehead atoms. The van der Waals surface area contributed by atoms with Crippen molar-refractivity contribution in [3.8, 4) is 0 Å². The first-order chi connectivity index (χ1) is 10.1. The number of rotatable bonds is 5. The average molecular weight is 304 g/mol. The van der Waals surface area contributed by atoms with Gasteiger partial charge in [-0.1, -0.05) is 26.0 Å². The average Bonchev–Trinajstić information content (AvgIpc) is 3.25. The Morgan fingerprint density at radius 2 is 1.95 bits per heavy atom. The number of thioether (sulfide) groups is 1. The van der Waals surface area contributed by atoms with E-state index in [-0.39, 0.29) is 12.2 Å². The highest BCUT2D eigenvalue weighted by atomic mass is 32.2. The van der Waals surface area contributed by atoms with Crippen LogP contribution < -0.4 is 5.32 Å². The van der Waals surface area contributed by atoms with Gasteiger partial charge in [-0.15, -0.1) is 11.8 Å². The Morgan fingerprint density at radius 1 is 1.29 bits per heavy atom. The smallest absolute Gasteiger partial charge is 0.241 e. The molecule has 1 aromatic rings. The van der Waals surface area contributed by atoms with Crippen LogP contribution in [0.3, 0.4) is 0 Å². The number of hydrogen-bond donors (Lipinski definition) is 1. The fraction of sp³-hybridized carbons (Fsp3) is 0.588. The van der Waals surface area contributed by atoms with Crippen molar-refractivity contribution < 1.29 is 4.79 Å². The fourth-order valence-electron chi connectivity index (χ4n) is 3.08. The quantitative estimate of drug-likeness (QED) is 0.846. The molecule has 4 heteroatoms. The van der Waals surface area contributed by atoms with Crippen LogP contribution in [0, 0.1) is 5.92 Å². The minimum absolute atomic E-state index is 0.0178. The molecular formula is C17H24N2OS. The van der Waals surface area contributed by atoms with Crippen LogP contribution in [0.1, 0.15) is 44.8 Å². The molecule has 0 spiro atoms. The van der Waals surface area contributed by atoms with E-state index in [0.29, 0.717) is 17.9 Å². The maximum absolute atomic E-state index is 12.7. The minimum atomic E-state index is -0.0178. The van der Waals surface area contributed by atoms with E-state index in [4.69, 9.17) is 0 Å². The van der Waals surface area contributed by atoms with Gasteiger partial charge in [0, 0.05) is 10.9 Å². The third kappa shape index (κ3) is 3.11. The third-order valence-corrected chi connectivity index (χ3v) is 5.01. The van der Waals surface area contributed by atoms with Crippen molar-refractivity contribution in [2.45, 2.75) is 56.3 Å². The molecule has 1 N–H and O–H groups in total. The molecule has 0 aromatic heterocycles. The predicted molar refractivity (Wildman–Crippen MR) is 87.2 cm³/mol. The normalized spacial score (nSPS) is 25.9. The summed E-state index contributed by atoms with van der Waals surface area (Å²) >= 11 is 1.75. The van der Waals surface area contributed by atoms with Crippen LogP contribution in [0.4, 0.5) is 0 Å². The van der Waals surface area contributed by atoms with E-state index >= 15 is 0 Å². The molecule has 2 atom stereocenters. The highest BCUT2D eigenvalue weighted by Crippen LogP contribution is 2.38. The van der Waals surface area contributed by atoms with E-state index in [0.717, 1.165) is 19.3 Å². The third-order valence-electron chi connectivity index (χ3n) is 4.27. The monoisotopic (exact) mass is 304 g/mol. The number of carbonyl (C=O) groups excluding carboxylic acids is 1. The zero-order chi connectivity index (χ0) is 15.0. The number of amides is 1. The molecule has 1 amide bonds. The van der Waals surface area contributed by atoms with Crippen LogP contribution in [0.5, 0.6) is 0 Å². The summed E-state index contributed by atoms with van der Waals surface area (Å²) < 4.78 is 0. The summed E-state index contributed by atoms with van der Waals surface area (Å²) in [6.07, 6.45) is 5.37. The van der Waals surface area contributed by atoms with Gasteiger partial charge in [0.2, 0.25) is 5.91 Å². The van der Waals surface area contributed by atoms with Gasteiger partial charge in [0.1, 0.15) is 6.17 Å². The maximum atomic E-state index is 12.7. The lowest BCUT2D eigenvalue weighted by atomic mass is 10.0. The van der Waals surface area contributed by atoms with E-state index in [1.165, 1.54) is 10.5 Å². The van der Waals surface area contributed by atoms with Crippen LogP contribution in [0.2, 0.25) is 0 Å². The van der Waals surface area contributed by atoms with Gasteiger partial charge in [-0.25, -0.2) is 0 Å². The Balaban J connectivity index is 1.82. The summed E-state index contributed by atoms with van der Waals surface area (Å²) in [4.78, 5) is 16.1. The van der Waals surface area contributed by atoms with Crippen LogP contribution in [0.15, 0.2) is 29.2 Å². The highest BCUT2D eigenvalue weighted by molar-refractivity contribution is 7.98. The maximum Gasteiger partial charge on any atom is 0.241 e. The number of hydrogen-bond acceptors (Lipinski definition) is 3. The molecule has 21 heavy (non-hydrogen) atoms. The first-order valence-corrected chi connectivity index (χ1v) is 9.05. The molecule has 1 saturated heterocycles. The number of nitrogens with one attached hydrogen (secondary N) is 1. The van der Waals surface area contributed by atoms with Crippen molar-refractivity contribution in [2.24, 2.45) is 5.92 Å². The topological polar surface area (TPSA) is 32.3 Å². The van der Waals surface area contributed by atoms with Crippen LogP contribution in [-0.4, -0.2) is 29.1 Å². The van der Waals surface area contributed by atoms with E-state index in [9.17, 15) is 4.79 Å². The summed E-state index contributed by atoms with van der Waals surface area (Å²) in [6, 6.07) is 9.04. The van der Waals surface area contributed by atoms with Crippen LogP contribution in [0.25, 0.3) is 0 Å². The SMILES string of the molecule is CSc1ccc(C2NC(CC(C)C)C(=O)N2C2CC2)cc1. The van der Waals surface area contributed by atoms with Crippen LogP contribution in [-0.2, 0) is 4.79 Å². The predicted octanol–water partition coefficient (Wildman–Crippen LogP) is 3.42. The number of benzene rings is 1. The molecule has 3 rings (SSSR count). The fourth-order valence-corrected chi connectivity index (χ4v) is 3.48. The number of carbonyl (C=O) groups is 1. The molecule has 2 fully saturated rings. The molecule has 0 radical (unpaired) electrons. The largest absolute Gasteiger partial charge is 0.319 e. The molecule has 3 nitrogen and oxygen atoms in total. The van der Waals surface area contributed by atoms with Gasteiger partial charge < -0.3 is 4.90 Å². The van der Waals surface area contributed by atoms with E-state index in [1.54, 1.807) is 11.8 Å². The molecule has 2 unspecified atom stereocenters. The van der Waals surface area contributed by atoms with E-state index in [2.05, 4.69) is 54.6 Å². The zero-order valence-electron chi connectivity index (χ0n) is 13.0. The summed E-state index contributed by atoms with van der Waals surface area (Å²) in [6.45, 7) is 4.36. The first-order valence-electron chi connectivity index (χ1n) is 7.82. The van der Waals surface area contributed by atoms with Crippen molar-refractivity contribution in [2.75, 3.05) is 6.26 Å². The van der Waals surface area contributed by atoms with Crippen molar-refractivity contribution >= 4 is 17.7 Å². The Morgan fingerprint density at radius 3 is 2.48 bits per heavy atom. The van der Waals surface area contributed by atoms with Crippen molar-refractivity contribution in [1.82, 2.24) is 10.2 Å². The first kappa shape index (κ1) is 14.9. The Kier molecular flexibility index (Phi) is 4.27. The molecular weight excluding hydrogens is 280 g/mol. The second kappa shape index (κ2) is 6.01.